The van der Waals surface area contributed by atoms with E-state index in [1.54, 1.807) is 17.5 Å². The zero-order chi connectivity index (χ0) is 25.8. The summed E-state index contributed by atoms with van der Waals surface area (Å²) in [6.45, 7) is 2.04. The second kappa shape index (κ2) is 11.6. The number of aliphatic hydroxyl groups is 1. The van der Waals surface area contributed by atoms with Gasteiger partial charge in [0.15, 0.2) is 5.13 Å². The van der Waals surface area contributed by atoms with Crippen molar-refractivity contribution in [2.24, 2.45) is 5.92 Å². The van der Waals surface area contributed by atoms with E-state index in [0.717, 1.165) is 84.3 Å². The van der Waals surface area contributed by atoms with Gasteiger partial charge in [-0.1, -0.05) is 17.4 Å². The van der Waals surface area contributed by atoms with Crippen LogP contribution in [0.4, 0.5) is 16.8 Å². The van der Waals surface area contributed by atoms with Crippen LogP contribution in [0.25, 0.3) is 10.6 Å². The van der Waals surface area contributed by atoms with Gasteiger partial charge in [-0.15, -0.1) is 0 Å². The lowest BCUT2D eigenvalue weighted by molar-refractivity contribution is -0.127. The maximum Gasteiger partial charge on any atom is 0.223 e. The summed E-state index contributed by atoms with van der Waals surface area (Å²) in [7, 11) is 2.11. The minimum Gasteiger partial charge on any atom is -0.393 e. The van der Waals surface area contributed by atoms with Gasteiger partial charge in [0, 0.05) is 37.4 Å². The van der Waals surface area contributed by atoms with Gasteiger partial charge in [0.1, 0.15) is 11.6 Å². The average Bonchev–Trinajstić information content (AvgIpc) is 3.40. The van der Waals surface area contributed by atoms with Crippen molar-refractivity contribution in [1.82, 2.24) is 20.3 Å². The first-order valence-electron chi connectivity index (χ1n) is 13.3. The Morgan fingerprint density at radius 2 is 1.81 bits per heavy atom. The van der Waals surface area contributed by atoms with Crippen molar-refractivity contribution >= 4 is 34.0 Å². The van der Waals surface area contributed by atoms with Crippen LogP contribution in [0, 0.1) is 12.8 Å². The molecule has 8 nitrogen and oxygen atoms in total. The van der Waals surface area contributed by atoms with Gasteiger partial charge in [-0.05, 0) is 88.1 Å². The number of aromatic nitrogens is 3. The molecule has 2 saturated carbocycles. The third-order valence-electron chi connectivity index (χ3n) is 7.63. The number of pyridine rings is 2. The molecule has 0 unspecified atom stereocenters. The Morgan fingerprint density at radius 1 is 1.03 bits per heavy atom. The van der Waals surface area contributed by atoms with E-state index in [4.69, 9.17) is 9.97 Å². The van der Waals surface area contributed by atoms with Gasteiger partial charge in [0.25, 0.3) is 0 Å². The number of aryl methyl sites for hydroxylation is 1. The number of hydrogen-bond donors (Lipinski definition) is 3. The van der Waals surface area contributed by atoms with E-state index < -0.39 is 0 Å². The minimum absolute atomic E-state index is 0.0886. The third-order valence-corrected chi connectivity index (χ3v) is 8.74. The number of thiazole rings is 1. The fourth-order valence-electron chi connectivity index (χ4n) is 5.34. The van der Waals surface area contributed by atoms with Crippen molar-refractivity contribution in [2.45, 2.75) is 76.5 Å². The lowest BCUT2D eigenvalue weighted by Crippen LogP contribution is -2.44. The van der Waals surface area contributed by atoms with Crippen LogP contribution in [0.2, 0.25) is 0 Å². The zero-order valence-electron chi connectivity index (χ0n) is 21.6. The Morgan fingerprint density at radius 3 is 2.57 bits per heavy atom. The number of nitrogens with zero attached hydrogens (tertiary/aromatic N) is 4. The Hall–Kier alpha value is -3.04. The predicted molar refractivity (Wildman–Crippen MR) is 148 cm³/mol. The molecule has 0 aliphatic heterocycles. The summed E-state index contributed by atoms with van der Waals surface area (Å²) < 4.78 is 0. The highest BCUT2D eigenvalue weighted by Crippen LogP contribution is 2.35. The monoisotopic (exact) mass is 520 g/mol. The van der Waals surface area contributed by atoms with Crippen LogP contribution in [0.3, 0.4) is 0 Å². The quantitative estimate of drug-likeness (QED) is 0.400. The van der Waals surface area contributed by atoms with Crippen LogP contribution >= 0.6 is 11.3 Å². The van der Waals surface area contributed by atoms with Crippen LogP contribution in [0.5, 0.6) is 0 Å². The molecule has 1 amide bonds. The molecule has 37 heavy (non-hydrogen) atoms. The van der Waals surface area contributed by atoms with Crippen LogP contribution in [-0.4, -0.2) is 51.2 Å². The van der Waals surface area contributed by atoms with Gasteiger partial charge in [-0.25, -0.2) is 15.0 Å². The van der Waals surface area contributed by atoms with E-state index in [1.807, 2.05) is 43.5 Å². The maximum absolute atomic E-state index is 12.8. The second-order valence-corrected chi connectivity index (χ2v) is 11.4. The second-order valence-electron chi connectivity index (χ2n) is 10.4. The SMILES string of the molecule is Cc1ccnc(Nc2cccc(-c3cnc(N(C)C4CCC(C(=O)NC5CCC(O)CC5)CC4)s3)n2)c1. The van der Waals surface area contributed by atoms with Crippen molar-refractivity contribution < 1.29 is 9.90 Å². The van der Waals surface area contributed by atoms with E-state index >= 15 is 0 Å². The molecule has 3 aromatic heterocycles. The first-order valence-corrected chi connectivity index (χ1v) is 14.1. The normalized spacial score (nSPS) is 23.9. The molecule has 0 atom stereocenters. The van der Waals surface area contributed by atoms with E-state index in [9.17, 15) is 9.90 Å². The fourth-order valence-corrected chi connectivity index (χ4v) is 6.26. The highest BCUT2D eigenvalue weighted by Gasteiger charge is 2.31. The molecular formula is C28H36N6O2S. The summed E-state index contributed by atoms with van der Waals surface area (Å²) in [5, 5.41) is 17.2. The third kappa shape index (κ3) is 6.45. The summed E-state index contributed by atoms with van der Waals surface area (Å²) in [6.07, 6.45) is 10.6. The number of carbonyl (C=O) groups excluding carboxylic acids is 1. The van der Waals surface area contributed by atoms with E-state index in [2.05, 4.69) is 27.6 Å². The van der Waals surface area contributed by atoms with Gasteiger partial charge < -0.3 is 20.6 Å². The Balaban J connectivity index is 1.16. The number of hydrogen-bond acceptors (Lipinski definition) is 8. The number of amides is 1. The summed E-state index contributed by atoms with van der Waals surface area (Å²) in [5.41, 5.74) is 2.02. The van der Waals surface area contributed by atoms with Crippen molar-refractivity contribution in [3.8, 4) is 10.6 Å². The van der Waals surface area contributed by atoms with Crippen molar-refractivity contribution in [2.75, 3.05) is 17.3 Å². The van der Waals surface area contributed by atoms with E-state index in [1.165, 1.54) is 0 Å². The number of rotatable bonds is 7. The molecule has 0 saturated heterocycles. The summed E-state index contributed by atoms with van der Waals surface area (Å²) >= 11 is 1.64. The Kier molecular flexibility index (Phi) is 8.00. The number of nitrogens with one attached hydrogen (secondary N) is 2. The van der Waals surface area contributed by atoms with Crippen LogP contribution in [0.1, 0.15) is 56.9 Å². The van der Waals surface area contributed by atoms with Gasteiger partial charge in [0.05, 0.1) is 16.7 Å². The lowest BCUT2D eigenvalue weighted by Gasteiger charge is -2.35. The minimum atomic E-state index is -0.196. The Bertz CT molecular complexity index is 1200. The molecule has 9 heteroatoms. The molecular weight excluding hydrogens is 484 g/mol. The summed E-state index contributed by atoms with van der Waals surface area (Å²) in [5.74, 6) is 1.81. The molecule has 0 spiro atoms. The predicted octanol–water partition coefficient (Wildman–Crippen LogP) is 5.07. The van der Waals surface area contributed by atoms with Gasteiger partial charge in [0.2, 0.25) is 5.91 Å². The van der Waals surface area contributed by atoms with Gasteiger partial charge in [-0.3, -0.25) is 4.79 Å². The number of carbonyl (C=O) groups is 1. The van der Waals surface area contributed by atoms with Crippen molar-refractivity contribution in [1.29, 1.82) is 0 Å². The standard InChI is InChI=1S/C28H36N6O2S/c1-18-14-15-29-26(16-18)33-25-5-3-4-23(32-25)24-17-30-28(37-24)34(2)21-10-6-19(7-11-21)27(36)31-20-8-12-22(35)13-9-20/h3-5,14-17,19-22,35H,6-13H2,1-2H3,(H,31,36)(H,29,32,33). The molecule has 2 aliphatic carbocycles. The largest absolute Gasteiger partial charge is 0.393 e. The molecule has 3 aromatic rings. The molecule has 3 heterocycles. The molecule has 0 aromatic carbocycles. The van der Waals surface area contributed by atoms with E-state index in [-0.39, 0.29) is 24.0 Å². The van der Waals surface area contributed by atoms with Crippen LogP contribution < -0.4 is 15.5 Å². The lowest BCUT2D eigenvalue weighted by atomic mass is 9.84. The Labute approximate surface area is 222 Å². The number of aliphatic hydroxyl groups excluding tert-OH is 1. The topological polar surface area (TPSA) is 103 Å². The maximum atomic E-state index is 12.8. The van der Waals surface area contributed by atoms with Crippen LogP contribution in [0.15, 0.2) is 42.7 Å². The zero-order valence-corrected chi connectivity index (χ0v) is 22.4. The first-order chi connectivity index (χ1) is 17.9. The fraction of sp³-hybridized carbons (Fsp3) is 0.500. The molecule has 3 N–H and O–H groups in total. The first kappa shape index (κ1) is 25.6. The van der Waals surface area contributed by atoms with Crippen LogP contribution in [-0.2, 0) is 4.79 Å². The van der Waals surface area contributed by atoms with Crippen molar-refractivity contribution in [3.63, 3.8) is 0 Å². The molecule has 196 valence electrons. The molecule has 0 bridgehead atoms. The summed E-state index contributed by atoms with van der Waals surface area (Å²) in [4.78, 5) is 29.9. The smallest absolute Gasteiger partial charge is 0.223 e. The average molecular weight is 521 g/mol. The molecule has 0 radical (unpaired) electrons. The molecule has 2 aliphatic rings. The molecule has 2 fully saturated rings. The van der Waals surface area contributed by atoms with Crippen molar-refractivity contribution in [3.05, 3.63) is 48.3 Å². The molecule has 5 rings (SSSR count). The van der Waals surface area contributed by atoms with E-state index in [0.29, 0.717) is 6.04 Å². The highest BCUT2D eigenvalue weighted by molar-refractivity contribution is 7.18. The van der Waals surface area contributed by atoms with Gasteiger partial charge in [-0.2, -0.15) is 0 Å². The summed E-state index contributed by atoms with van der Waals surface area (Å²) in [6, 6.07) is 10.5. The number of anilines is 3. The highest BCUT2D eigenvalue weighted by atomic mass is 32.1. The van der Waals surface area contributed by atoms with Gasteiger partial charge >= 0.3 is 0 Å².